The quantitative estimate of drug-likeness (QED) is 0.445. The fraction of sp³-hybridized carbons (Fsp3) is 0.375. The zero-order valence-corrected chi connectivity index (χ0v) is 17.1. The van der Waals surface area contributed by atoms with Crippen molar-refractivity contribution in [1.82, 2.24) is 0 Å². The van der Waals surface area contributed by atoms with Crippen LogP contribution in [0.4, 0.5) is 0 Å². The summed E-state index contributed by atoms with van der Waals surface area (Å²) in [5.41, 5.74) is 1.23. The standard InChI is InChI=1S/C16H18O4S4/c1-5-19-15(17)13-9(3)21-7-11(13)23-24-12-8-22-10(4)14(12)16(18)20-6-2/h7-8H,5-6H2,1-4H3. The van der Waals surface area contributed by atoms with E-state index in [4.69, 9.17) is 9.47 Å². The molecule has 0 aliphatic rings. The molecular formula is C16H18O4S4. The number of carbonyl (C=O) groups is 2. The van der Waals surface area contributed by atoms with E-state index in [1.807, 2.05) is 24.6 Å². The largest absolute Gasteiger partial charge is 0.462 e. The molecule has 0 N–H and O–H groups in total. The van der Waals surface area contributed by atoms with Crippen molar-refractivity contribution in [2.45, 2.75) is 37.5 Å². The minimum atomic E-state index is -0.300. The van der Waals surface area contributed by atoms with Gasteiger partial charge in [-0.25, -0.2) is 9.59 Å². The minimum Gasteiger partial charge on any atom is -0.462 e. The maximum Gasteiger partial charge on any atom is 0.340 e. The van der Waals surface area contributed by atoms with E-state index in [0.717, 1.165) is 19.5 Å². The van der Waals surface area contributed by atoms with E-state index < -0.39 is 0 Å². The van der Waals surface area contributed by atoms with Crippen molar-refractivity contribution < 1.29 is 19.1 Å². The summed E-state index contributed by atoms with van der Waals surface area (Å²) in [6, 6.07) is 0. The normalized spacial score (nSPS) is 10.7. The van der Waals surface area contributed by atoms with Crippen LogP contribution in [0.25, 0.3) is 0 Å². The van der Waals surface area contributed by atoms with Crippen LogP contribution in [-0.2, 0) is 9.47 Å². The summed E-state index contributed by atoms with van der Waals surface area (Å²) in [6.45, 7) is 8.10. The third kappa shape index (κ3) is 4.36. The predicted octanol–water partition coefficient (Wildman–Crippen LogP) is 5.58. The molecule has 0 atom stereocenters. The average molecular weight is 403 g/mol. The smallest absolute Gasteiger partial charge is 0.340 e. The minimum absolute atomic E-state index is 0.300. The van der Waals surface area contributed by atoms with Crippen LogP contribution >= 0.6 is 44.3 Å². The second-order valence-electron chi connectivity index (χ2n) is 4.67. The van der Waals surface area contributed by atoms with Gasteiger partial charge in [0.05, 0.1) is 24.3 Å². The lowest BCUT2D eigenvalue weighted by Gasteiger charge is -2.06. The molecule has 24 heavy (non-hydrogen) atoms. The molecule has 0 saturated heterocycles. The maximum absolute atomic E-state index is 12.1. The lowest BCUT2D eigenvalue weighted by atomic mass is 10.3. The van der Waals surface area contributed by atoms with Crippen LogP contribution in [0, 0.1) is 13.8 Å². The highest BCUT2D eigenvalue weighted by Gasteiger charge is 2.22. The van der Waals surface area contributed by atoms with E-state index >= 15 is 0 Å². The van der Waals surface area contributed by atoms with Gasteiger partial charge < -0.3 is 9.47 Å². The molecule has 2 aromatic rings. The first kappa shape index (κ1) is 19.4. The Morgan fingerprint density at radius 2 is 1.25 bits per heavy atom. The van der Waals surface area contributed by atoms with Gasteiger partial charge in [-0.05, 0) is 27.7 Å². The summed E-state index contributed by atoms with van der Waals surface area (Å²) in [6.07, 6.45) is 0. The van der Waals surface area contributed by atoms with Crippen molar-refractivity contribution >= 4 is 56.2 Å². The topological polar surface area (TPSA) is 52.6 Å². The van der Waals surface area contributed by atoms with E-state index in [1.54, 1.807) is 13.8 Å². The van der Waals surface area contributed by atoms with Crippen LogP contribution in [0.5, 0.6) is 0 Å². The Morgan fingerprint density at radius 1 is 0.875 bits per heavy atom. The van der Waals surface area contributed by atoms with Crippen molar-refractivity contribution in [1.29, 1.82) is 0 Å². The molecule has 130 valence electrons. The summed E-state index contributed by atoms with van der Waals surface area (Å²) in [4.78, 5) is 27.8. The molecule has 0 bridgehead atoms. The van der Waals surface area contributed by atoms with E-state index in [2.05, 4.69) is 0 Å². The fourth-order valence-electron chi connectivity index (χ4n) is 1.97. The Labute approximate surface area is 157 Å². The molecule has 2 aromatic heterocycles. The SMILES string of the molecule is CCOC(=O)c1c(SSc2csc(C)c2C(=O)OCC)csc1C. The van der Waals surface area contributed by atoms with Gasteiger partial charge in [-0.2, -0.15) is 0 Å². The predicted molar refractivity (Wildman–Crippen MR) is 102 cm³/mol. The Hall–Kier alpha value is -0.960. The summed E-state index contributed by atoms with van der Waals surface area (Å²) >= 11 is 3.04. The van der Waals surface area contributed by atoms with E-state index in [1.165, 1.54) is 44.3 Å². The van der Waals surface area contributed by atoms with Gasteiger partial charge in [0, 0.05) is 30.3 Å². The number of rotatable bonds is 7. The monoisotopic (exact) mass is 402 g/mol. The van der Waals surface area contributed by atoms with Crippen LogP contribution in [-0.4, -0.2) is 25.2 Å². The molecular weight excluding hydrogens is 384 g/mol. The zero-order chi connectivity index (χ0) is 17.7. The molecule has 0 aliphatic carbocycles. The first-order chi connectivity index (χ1) is 11.5. The Bertz CT molecular complexity index is 670. The number of hydrogen-bond acceptors (Lipinski definition) is 8. The molecule has 8 heteroatoms. The summed E-state index contributed by atoms with van der Waals surface area (Å²) in [7, 11) is 2.93. The highest BCUT2D eigenvalue weighted by Crippen LogP contribution is 2.45. The number of esters is 2. The maximum atomic E-state index is 12.1. The molecule has 0 amide bonds. The molecule has 0 radical (unpaired) electrons. The summed E-state index contributed by atoms with van der Waals surface area (Å²) in [5.74, 6) is -0.599. The van der Waals surface area contributed by atoms with Crippen molar-refractivity contribution in [3.63, 3.8) is 0 Å². The molecule has 0 fully saturated rings. The number of carbonyl (C=O) groups excluding carboxylic acids is 2. The molecule has 2 rings (SSSR count). The first-order valence-corrected chi connectivity index (χ1v) is 11.2. The van der Waals surface area contributed by atoms with Crippen LogP contribution in [0.1, 0.15) is 44.3 Å². The van der Waals surface area contributed by atoms with Crippen LogP contribution in [0.15, 0.2) is 20.6 Å². The lowest BCUT2D eigenvalue weighted by Crippen LogP contribution is -2.06. The molecule has 0 aliphatic heterocycles. The van der Waals surface area contributed by atoms with E-state index in [0.29, 0.717) is 24.3 Å². The molecule has 2 heterocycles. The summed E-state index contributed by atoms with van der Waals surface area (Å²) in [5, 5.41) is 3.89. The average Bonchev–Trinajstić information content (AvgIpc) is 3.08. The highest BCUT2D eigenvalue weighted by atomic mass is 33.1. The molecule has 0 spiro atoms. The Balaban J connectivity index is 2.18. The zero-order valence-electron chi connectivity index (χ0n) is 13.8. The van der Waals surface area contributed by atoms with Gasteiger partial charge in [-0.15, -0.1) is 22.7 Å². The molecule has 0 aromatic carbocycles. The van der Waals surface area contributed by atoms with E-state index in [-0.39, 0.29) is 11.9 Å². The Morgan fingerprint density at radius 3 is 1.58 bits per heavy atom. The Kier molecular flexibility index (Phi) is 7.21. The van der Waals surface area contributed by atoms with Gasteiger partial charge in [0.2, 0.25) is 0 Å². The summed E-state index contributed by atoms with van der Waals surface area (Å²) < 4.78 is 10.3. The van der Waals surface area contributed by atoms with Crippen molar-refractivity contribution in [2.24, 2.45) is 0 Å². The van der Waals surface area contributed by atoms with Crippen LogP contribution in [0.2, 0.25) is 0 Å². The number of ether oxygens (including phenoxy) is 2. The van der Waals surface area contributed by atoms with Gasteiger partial charge in [0.15, 0.2) is 0 Å². The molecule has 0 unspecified atom stereocenters. The number of aryl methyl sites for hydroxylation is 2. The van der Waals surface area contributed by atoms with Gasteiger partial charge in [-0.3, -0.25) is 0 Å². The third-order valence-corrected chi connectivity index (χ3v) is 7.60. The fourth-order valence-corrected chi connectivity index (χ4v) is 6.70. The van der Waals surface area contributed by atoms with Gasteiger partial charge in [-0.1, -0.05) is 21.6 Å². The molecule has 0 saturated carbocycles. The van der Waals surface area contributed by atoms with Crippen LogP contribution < -0.4 is 0 Å². The second-order valence-corrected chi connectivity index (χ2v) is 9.05. The van der Waals surface area contributed by atoms with Gasteiger partial charge in [0.1, 0.15) is 0 Å². The first-order valence-electron chi connectivity index (χ1n) is 7.34. The van der Waals surface area contributed by atoms with Crippen molar-refractivity contribution in [3.8, 4) is 0 Å². The van der Waals surface area contributed by atoms with Gasteiger partial charge >= 0.3 is 11.9 Å². The van der Waals surface area contributed by atoms with Gasteiger partial charge in [0.25, 0.3) is 0 Å². The number of thiophene rings is 2. The van der Waals surface area contributed by atoms with Crippen molar-refractivity contribution in [2.75, 3.05) is 13.2 Å². The van der Waals surface area contributed by atoms with Crippen LogP contribution in [0.3, 0.4) is 0 Å². The third-order valence-electron chi connectivity index (χ3n) is 3.06. The van der Waals surface area contributed by atoms with E-state index in [9.17, 15) is 9.59 Å². The number of hydrogen-bond donors (Lipinski definition) is 0. The highest BCUT2D eigenvalue weighted by molar-refractivity contribution is 8.76. The lowest BCUT2D eigenvalue weighted by molar-refractivity contribution is 0.0512. The second kappa shape index (κ2) is 8.94. The molecule has 4 nitrogen and oxygen atoms in total. The van der Waals surface area contributed by atoms with Crippen molar-refractivity contribution in [3.05, 3.63) is 31.6 Å².